The highest BCUT2D eigenvalue weighted by Crippen LogP contribution is 2.42. The minimum atomic E-state index is -0.732. The summed E-state index contributed by atoms with van der Waals surface area (Å²) in [7, 11) is 0. The van der Waals surface area contributed by atoms with Crippen molar-refractivity contribution in [1.82, 2.24) is 0 Å². The largest absolute Gasteiger partial charge is 0.481 e. The lowest BCUT2D eigenvalue weighted by Gasteiger charge is -2.20. The van der Waals surface area contributed by atoms with E-state index in [2.05, 4.69) is 38.1 Å². The zero-order valence-electron chi connectivity index (χ0n) is 34.5. The van der Waals surface area contributed by atoms with Gasteiger partial charge in [-0.2, -0.15) is 0 Å². The number of rotatable bonds is 26. The van der Waals surface area contributed by atoms with Crippen LogP contribution in [0.15, 0.2) is 48.5 Å². The molecule has 8 heteroatoms. The first kappa shape index (κ1) is 55.6. The third kappa shape index (κ3) is 20.2. The van der Waals surface area contributed by atoms with E-state index in [0.29, 0.717) is 24.4 Å². The number of ketones is 2. The molecule has 0 radical (unpaired) electrons. The fourth-order valence-electron chi connectivity index (χ4n) is 8.77. The summed E-state index contributed by atoms with van der Waals surface area (Å²) in [5.41, 5.74) is 4.37. The van der Waals surface area contributed by atoms with Gasteiger partial charge in [0.25, 0.3) is 0 Å². The lowest BCUT2D eigenvalue weighted by atomic mass is 9.84. The van der Waals surface area contributed by atoms with Crippen LogP contribution in [0.2, 0.25) is 0 Å². The number of aliphatic hydroxyl groups excluding tert-OH is 2. The summed E-state index contributed by atoms with van der Waals surface area (Å²) < 4.78 is 0. The first-order valence-electron chi connectivity index (χ1n) is 22.1. The van der Waals surface area contributed by atoms with Crippen molar-refractivity contribution in [3.8, 4) is 0 Å². The van der Waals surface area contributed by atoms with Gasteiger partial charge in [0, 0.05) is 37.5 Å². The minimum Gasteiger partial charge on any atom is -0.481 e. The van der Waals surface area contributed by atoms with Crippen molar-refractivity contribution in [1.29, 1.82) is 0 Å². The van der Waals surface area contributed by atoms with Crippen LogP contribution in [-0.2, 0) is 19.2 Å². The summed E-state index contributed by atoms with van der Waals surface area (Å²) in [6, 6.07) is 16.5. The third-order valence-corrected chi connectivity index (χ3v) is 12.2. The van der Waals surface area contributed by atoms with Crippen LogP contribution in [-0.4, -0.2) is 43.9 Å². The first-order valence-corrected chi connectivity index (χ1v) is 22.1. The number of carboxylic acids is 2. The fourth-order valence-corrected chi connectivity index (χ4v) is 8.77. The molecule has 2 aliphatic rings. The van der Waals surface area contributed by atoms with E-state index in [0.717, 1.165) is 140 Å². The second-order valence-electron chi connectivity index (χ2n) is 16.5. The van der Waals surface area contributed by atoms with Crippen molar-refractivity contribution in [2.45, 2.75) is 214 Å². The number of carbonyl (C=O) groups is 4. The SMILES string of the molecule is C.C.C.CCCCC[C@@H](O)c1ccc([C@H]2CCC(=O)[C@@H]2CCCCCCC(=O)O)cc1.CCCCC[C@H](O)c1ccc([C@H]2CCC(=O)[C@@H]2CCCCCCC(=O)O)cc1. The summed E-state index contributed by atoms with van der Waals surface area (Å²) in [6.07, 6.45) is 20.2. The van der Waals surface area contributed by atoms with Gasteiger partial charge in [-0.25, -0.2) is 0 Å². The van der Waals surface area contributed by atoms with Crippen LogP contribution in [0.25, 0.3) is 0 Å². The van der Waals surface area contributed by atoms with Gasteiger partial charge < -0.3 is 20.4 Å². The molecule has 0 unspecified atom stereocenters. The molecule has 59 heavy (non-hydrogen) atoms. The second-order valence-corrected chi connectivity index (χ2v) is 16.5. The van der Waals surface area contributed by atoms with Gasteiger partial charge in [-0.05, 0) is 85.5 Å². The highest BCUT2D eigenvalue weighted by atomic mass is 16.4. The smallest absolute Gasteiger partial charge is 0.303 e. The molecular weight excluding hydrogens is 741 g/mol. The molecule has 4 rings (SSSR count). The Balaban J connectivity index is 0.00000109. The highest BCUT2D eigenvalue weighted by molar-refractivity contribution is 5.85. The van der Waals surface area contributed by atoms with Gasteiger partial charge in [-0.3, -0.25) is 19.2 Å². The molecule has 2 aromatic rings. The molecule has 0 bridgehead atoms. The van der Waals surface area contributed by atoms with E-state index in [1.807, 2.05) is 24.3 Å². The molecule has 4 N–H and O–H groups in total. The van der Waals surface area contributed by atoms with Crippen LogP contribution in [0.5, 0.6) is 0 Å². The van der Waals surface area contributed by atoms with Crippen LogP contribution < -0.4 is 0 Å². The Bertz CT molecular complexity index is 1330. The average Bonchev–Trinajstić information content (AvgIpc) is 3.75. The maximum Gasteiger partial charge on any atom is 0.303 e. The minimum absolute atomic E-state index is 0. The topological polar surface area (TPSA) is 149 Å². The third-order valence-electron chi connectivity index (χ3n) is 12.2. The van der Waals surface area contributed by atoms with Crippen molar-refractivity contribution < 1.29 is 39.6 Å². The normalized spacial score (nSPS) is 19.4. The summed E-state index contributed by atoms with van der Waals surface area (Å²) in [5, 5.41) is 38.0. The van der Waals surface area contributed by atoms with Gasteiger partial charge in [0.1, 0.15) is 11.6 Å². The van der Waals surface area contributed by atoms with Crippen molar-refractivity contribution in [2.24, 2.45) is 11.8 Å². The lowest BCUT2D eigenvalue weighted by molar-refractivity contribution is -0.138. The van der Waals surface area contributed by atoms with Gasteiger partial charge in [-0.1, -0.05) is 162 Å². The van der Waals surface area contributed by atoms with Gasteiger partial charge in [0.2, 0.25) is 0 Å². The second kappa shape index (κ2) is 31.5. The zero-order chi connectivity index (χ0) is 40.7. The predicted octanol–water partition coefficient (Wildman–Crippen LogP) is 13.5. The maximum atomic E-state index is 12.4. The molecule has 6 atom stereocenters. The number of hydrogen-bond donors (Lipinski definition) is 4. The van der Waals surface area contributed by atoms with Gasteiger partial charge >= 0.3 is 11.9 Å². The Morgan fingerprint density at radius 1 is 0.525 bits per heavy atom. The molecule has 0 heterocycles. The number of Topliss-reactive ketones (excluding diaryl/α,β-unsaturated/α-hetero) is 2. The lowest BCUT2D eigenvalue weighted by Crippen LogP contribution is -2.13. The number of hydrogen-bond acceptors (Lipinski definition) is 6. The number of unbranched alkanes of at least 4 members (excludes halogenated alkanes) is 10. The number of aliphatic hydroxyl groups is 2. The van der Waals surface area contributed by atoms with Crippen molar-refractivity contribution >= 4 is 23.5 Å². The number of aliphatic carboxylic acids is 2. The number of carbonyl (C=O) groups excluding carboxylic acids is 2. The monoisotopic (exact) mass is 825 g/mol. The molecule has 0 aromatic heterocycles. The highest BCUT2D eigenvalue weighted by Gasteiger charge is 2.36. The fraction of sp³-hybridized carbons (Fsp3) is 0.686. The Labute approximate surface area is 359 Å². The molecule has 0 amide bonds. The van der Waals surface area contributed by atoms with E-state index in [4.69, 9.17) is 10.2 Å². The van der Waals surface area contributed by atoms with E-state index in [1.54, 1.807) is 0 Å². The van der Waals surface area contributed by atoms with Gasteiger partial charge in [0.05, 0.1) is 12.2 Å². The van der Waals surface area contributed by atoms with E-state index >= 15 is 0 Å². The molecule has 8 nitrogen and oxygen atoms in total. The van der Waals surface area contributed by atoms with Crippen LogP contribution >= 0.6 is 0 Å². The number of benzene rings is 2. The molecular formula is C51H84O8. The van der Waals surface area contributed by atoms with Crippen LogP contribution in [0.4, 0.5) is 0 Å². The van der Waals surface area contributed by atoms with Crippen molar-refractivity contribution in [3.63, 3.8) is 0 Å². The molecule has 2 saturated carbocycles. The molecule has 0 aliphatic heterocycles. The number of carboxylic acid groups (broad SMARTS) is 2. The maximum absolute atomic E-state index is 12.4. The zero-order valence-corrected chi connectivity index (χ0v) is 34.5. The Morgan fingerprint density at radius 3 is 1.19 bits per heavy atom. The molecule has 0 spiro atoms. The average molecular weight is 825 g/mol. The van der Waals surface area contributed by atoms with E-state index in [-0.39, 0.29) is 58.8 Å². The summed E-state index contributed by atoms with van der Waals surface area (Å²) in [5.74, 6) is 0.0589. The van der Waals surface area contributed by atoms with E-state index < -0.39 is 24.1 Å². The predicted molar refractivity (Wildman–Crippen MR) is 243 cm³/mol. The van der Waals surface area contributed by atoms with Crippen LogP contribution in [0.3, 0.4) is 0 Å². The Kier molecular flexibility index (Phi) is 29.7. The quantitative estimate of drug-likeness (QED) is 0.0685. The summed E-state index contributed by atoms with van der Waals surface area (Å²) >= 11 is 0. The summed E-state index contributed by atoms with van der Waals surface area (Å²) in [6.45, 7) is 4.33. The molecule has 0 saturated heterocycles. The molecule has 336 valence electrons. The van der Waals surface area contributed by atoms with E-state index in [1.165, 1.54) is 11.1 Å². The van der Waals surface area contributed by atoms with Gasteiger partial charge in [-0.15, -0.1) is 0 Å². The van der Waals surface area contributed by atoms with Crippen LogP contribution in [0.1, 0.15) is 237 Å². The van der Waals surface area contributed by atoms with Gasteiger partial charge in [0.15, 0.2) is 0 Å². The molecule has 2 aliphatic carbocycles. The standard InChI is InChI=1S/2C24H36O4.3CH4/c2*1-2-3-6-10-22(25)19-14-12-18(13-15-19)20-16-17-23(26)21(20)9-7-4-5-8-11-24(27)28;;;/h2*12-15,20-22,25H,2-11,16-17H2,1H3,(H,27,28);3*1H4/t20-,21-,22+;20-,21-,22-;;;/m11.../s1. The van der Waals surface area contributed by atoms with E-state index in [9.17, 15) is 29.4 Å². The van der Waals surface area contributed by atoms with Crippen molar-refractivity contribution in [2.75, 3.05) is 0 Å². The molecule has 2 aromatic carbocycles. The Hall–Kier alpha value is -3.36. The Morgan fingerprint density at radius 2 is 0.864 bits per heavy atom. The van der Waals surface area contributed by atoms with Crippen LogP contribution in [0, 0.1) is 11.8 Å². The van der Waals surface area contributed by atoms with Crippen molar-refractivity contribution in [3.05, 3.63) is 70.8 Å². The summed E-state index contributed by atoms with van der Waals surface area (Å²) in [4.78, 5) is 45.9. The molecule has 2 fully saturated rings. The first-order chi connectivity index (χ1) is 27.0.